The summed E-state index contributed by atoms with van der Waals surface area (Å²) in [7, 11) is 0. The normalized spacial score (nSPS) is 17.6. The van der Waals surface area contributed by atoms with Gasteiger partial charge in [0, 0.05) is 26.6 Å². The highest BCUT2D eigenvalue weighted by Gasteiger charge is 2.35. The Bertz CT molecular complexity index is 868. The molecule has 0 radical (unpaired) electrons. The molecular formula is C22H24N2O4. The molecule has 1 fully saturated rings. The third kappa shape index (κ3) is 3.81. The summed E-state index contributed by atoms with van der Waals surface area (Å²) < 4.78 is 10.8. The van der Waals surface area contributed by atoms with Gasteiger partial charge in [-0.05, 0) is 36.1 Å². The highest BCUT2D eigenvalue weighted by atomic mass is 16.7. The van der Waals surface area contributed by atoms with Gasteiger partial charge in [0.1, 0.15) is 6.04 Å². The Balaban J connectivity index is 1.58. The van der Waals surface area contributed by atoms with Crippen molar-refractivity contribution in [1.82, 2.24) is 9.80 Å². The first-order valence-electron chi connectivity index (χ1n) is 9.60. The van der Waals surface area contributed by atoms with Gasteiger partial charge in [0.15, 0.2) is 11.5 Å². The maximum Gasteiger partial charge on any atom is 0.245 e. The van der Waals surface area contributed by atoms with Crippen LogP contribution in [0.5, 0.6) is 11.5 Å². The molecule has 146 valence electrons. The van der Waals surface area contributed by atoms with Crippen molar-refractivity contribution < 1.29 is 19.1 Å². The Kier molecular flexibility index (Phi) is 5.19. The van der Waals surface area contributed by atoms with E-state index in [4.69, 9.17) is 9.47 Å². The zero-order valence-corrected chi connectivity index (χ0v) is 16.0. The van der Waals surface area contributed by atoms with Crippen LogP contribution >= 0.6 is 0 Å². The molecule has 6 nitrogen and oxygen atoms in total. The summed E-state index contributed by atoms with van der Waals surface area (Å²) in [5.74, 6) is 1.38. The smallest absolute Gasteiger partial charge is 0.245 e. The number of fused-ring (bicyclic) bond motifs is 1. The van der Waals surface area contributed by atoms with E-state index >= 15 is 0 Å². The fourth-order valence-corrected chi connectivity index (χ4v) is 3.89. The SMILES string of the molecule is CC(=O)N1CCCC1C(=O)N(Cc1ccccc1)Cc1ccc2c(c1)OCO2. The lowest BCUT2D eigenvalue weighted by atomic mass is 10.1. The summed E-state index contributed by atoms with van der Waals surface area (Å²) in [6.45, 7) is 3.35. The van der Waals surface area contributed by atoms with Crippen molar-refractivity contribution in [3.8, 4) is 11.5 Å². The molecular weight excluding hydrogens is 356 g/mol. The summed E-state index contributed by atoms with van der Waals surface area (Å²) >= 11 is 0. The first kappa shape index (κ1) is 18.3. The van der Waals surface area contributed by atoms with Crippen LogP contribution < -0.4 is 9.47 Å². The summed E-state index contributed by atoms with van der Waals surface area (Å²) in [5.41, 5.74) is 2.03. The highest BCUT2D eigenvalue weighted by Crippen LogP contribution is 2.33. The number of hydrogen-bond acceptors (Lipinski definition) is 4. The Morgan fingerprint density at radius 2 is 1.79 bits per heavy atom. The van der Waals surface area contributed by atoms with Crippen LogP contribution in [0.15, 0.2) is 48.5 Å². The molecule has 0 aromatic heterocycles. The molecule has 28 heavy (non-hydrogen) atoms. The highest BCUT2D eigenvalue weighted by molar-refractivity contribution is 5.87. The molecule has 2 amide bonds. The van der Waals surface area contributed by atoms with Crippen LogP contribution in [0, 0.1) is 0 Å². The number of nitrogens with zero attached hydrogens (tertiary/aromatic N) is 2. The third-order valence-electron chi connectivity index (χ3n) is 5.28. The number of hydrogen-bond donors (Lipinski definition) is 0. The molecule has 2 aliphatic rings. The van der Waals surface area contributed by atoms with Crippen molar-refractivity contribution in [3.63, 3.8) is 0 Å². The maximum atomic E-state index is 13.4. The molecule has 0 saturated carbocycles. The van der Waals surface area contributed by atoms with E-state index in [2.05, 4.69) is 0 Å². The number of ether oxygens (including phenoxy) is 2. The number of benzene rings is 2. The Morgan fingerprint density at radius 1 is 1.04 bits per heavy atom. The molecule has 2 aliphatic heterocycles. The van der Waals surface area contributed by atoms with Crippen molar-refractivity contribution >= 4 is 11.8 Å². The van der Waals surface area contributed by atoms with E-state index in [-0.39, 0.29) is 24.6 Å². The molecule has 1 saturated heterocycles. The number of amides is 2. The topological polar surface area (TPSA) is 59.1 Å². The summed E-state index contributed by atoms with van der Waals surface area (Å²) in [6, 6.07) is 15.3. The van der Waals surface area contributed by atoms with Gasteiger partial charge in [-0.1, -0.05) is 36.4 Å². The van der Waals surface area contributed by atoms with Crippen LogP contribution in [0.25, 0.3) is 0 Å². The van der Waals surface area contributed by atoms with E-state index in [1.54, 1.807) is 4.90 Å². The summed E-state index contributed by atoms with van der Waals surface area (Å²) in [6.07, 6.45) is 1.57. The molecule has 0 spiro atoms. The van der Waals surface area contributed by atoms with Gasteiger partial charge in [0.2, 0.25) is 18.6 Å². The quantitative estimate of drug-likeness (QED) is 0.800. The average Bonchev–Trinajstić information content (AvgIpc) is 3.37. The van der Waals surface area contributed by atoms with Gasteiger partial charge in [-0.2, -0.15) is 0 Å². The van der Waals surface area contributed by atoms with Crippen LogP contribution in [0.3, 0.4) is 0 Å². The van der Waals surface area contributed by atoms with E-state index in [9.17, 15) is 9.59 Å². The van der Waals surface area contributed by atoms with Gasteiger partial charge in [0.05, 0.1) is 0 Å². The Labute approximate surface area is 164 Å². The lowest BCUT2D eigenvalue weighted by Crippen LogP contribution is -2.46. The van der Waals surface area contributed by atoms with Crippen molar-refractivity contribution in [2.75, 3.05) is 13.3 Å². The van der Waals surface area contributed by atoms with Crippen LogP contribution in [0.4, 0.5) is 0 Å². The second-order valence-corrected chi connectivity index (χ2v) is 7.24. The van der Waals surface area contributed by atoms with E-state index in [0.29, 0.717) is 31.8 Å². The fourth-order valence-electron chi connectivity index (χ4n) is 3.89. The minimum Gasteiger partial charge on any atom is -0.454 e. The van der Waals surface area contributed by atoms with E-state index in [1.807, 2.05) is 53.4 Å². The molecule has 1 atom stereocenters. The van der Waals surface area contributed by atoms with Gasteiger partial charge >= 0.3 is 0 Å². The van der Waals surface area contributed by atoms with Crippen LogP contribution in [0.1, 0.15) is 30.9 Å². The van der Waals surface area contributed by atoms with Crippen LogP contribution in [0.2, 0.25) is 0 Å². The van der Waals surface area contributed by atoms with Gasteiger partial charge < -0.3 is 19.3 Å². The molecule has 0 bridgehead atoms. The van der Waals surface area contributed by atoms with Gasteiger partial charge in [-0.25, -0.2) is 0 Å². The van der Waals surface area contributed by atoms with Crippen LogP contribution in [-0.4, -0.2) is 41.0 Å². The van der Waals surface area contributed by atoms with E-state index in [0.717, 1.165) is 23.3 Å². The summed E-state index contributed by atoms with van der Waals surface area (Å²) in [5, 5.41) is 0. The number of rotatable bonds is 5. The first-order chi connectivity index (χ1) is 13.6. The minimum absolute atomic E-state index is 0.00535. The Hall–Kier alpha value is -3.02. The fraction of sp³-hybridized carbons (Fsp3) is 0.364. The largest absolute Gasteiger partial charge is 0.454 e. The molecule has 2 heterocycles. The standard InChI is InChI=1S/C22H24N2O4/c1-16(25)24-11-5-8-19(24)22(26)23(13-17-6-3-2-4-7-17)14-18-9-10-20-21(12-18)28-15-27-20/h2-4,6-7,9-10,12,19H,5,8,11,13-15H2,1H3. The summed E-state index contributed by atoms with van der Waals surface area (Å²) in [4.78, 5) is 28.9. The number of carbonyl (C=O) groups excluding carboxylic acids is 2. The van der Waals surface area contributed by atoms with Crippen molar-refractivity contribution in [2.24, 2.45) is 0 Å². The van der Waals surface area contributed by atoms with Gasteiger partial charge in [-0.15, -0.1) is 0 Å². The van der Waals surface area contributed by atoms with Crippen molar-refractivity contribution in [2.45, 2.75) is 38.9 Å². The Morgan fingerprint density at radius 3 is 2.57 bits per heavy atom. The molecule has 1 unspecified atom stereocenters. The predicted molar refractivity (Wildman–Crippen MR) is 104 cm³/mol. The van der Waals surface area contributed by atoms with Gasteiger partial charge in [-0.3, -0.25) is 9.59 Å². The molecule has 4 rings (SSSR count). The second kappa shape index (κ2) is 7.92. The number of likely N-dealkylation sites (tertiary alicyclic amines) is 1. The molecule has 0 N–H and O–H groups in total. The second-order valence-electron chi connectivity index (χ2n) is 7.24. The van der Waals surface area contributed by atoms with Gasteiger partial charge in [0.25, 0.3) is 0 Å². The first-order valence-corrected chi connectivity index (χ1v) is 9.60. The van der Waals surface area contributed by atoms with Crippen LogP contribution in [-0.2, 0) is 22.7 Å². The third-order valence-corrected chi connectivity index (χ3v) is 5.28. The molecule has 0 aliphatic carbocycles. The maximum absolute atomic E-state index is 13.4. The minimum atomic E-state index is -0.379. The predicted octanol–water partition coefficient (Wildman–Crippen LogP) is 2.96. The zero-order chi connectivity index (χ0) is 19.5. The molecule has 6 heteroatoms. The monoisotopic (exact) mass is 380 g/mol. The molecule has 2 aromatic carbocycles. The zero-order valence-electron chi connectivity index (χ0n) is 16.0. The lowest BCUT2D eigenvalue weighted by Gasteiger charge is -2.30. The van der Waals surface area contributed by atoms with Crippen molar-refractivity contribution in [1.29, 1.82) is 0 Å². The average molecular weight is 380 g/mol. The lowest BCUT2D eigenvalue weighted by molar-refractivity contribution is -0.143. The van der Waals surface area contributed by atoms with E-state index < -0.39 is 0 Å². The van der Waals surface area contributed by atoms with Crippen molar-refractivity contribution in [3.05, 3.63) is 59.7 Å². The molecule has 2 aromatic rings. The number of carbonyl (C=O) groups is 2. The van der Waals surface area contributed by atoms with E-state index in [1.165, 1.54) is 6.92 Å².